The Morgan fingerprint density at radius 2 is 1.90 bits per heavy atom. The minimum absolute atomic E-state index is 0.140. The summed E-state index contributed by atoms with van der Waals surface area (Å²) in [5.41, 5.74) is 3.41. The lowest BCUT2D eigenvalue weighted by molar-refractivity contribution is -0.119. The van der Waals surface area contributed by atoms with Crippen LogP contribution in [0.25, 0.3) is 11.0 Å². The number of hydrogen-bond acceptors (Lipinski definition) is 4. The molecule has 3 aromatic rings. The lowest BCUT2D eigenvalue weighted by atomic mass is 10.2. The van der Waals surface area contributed by atoms with Crippen molar-refractivity contribution in [2.24, 2.45) is 0 Å². The first-order chi connectivity index (χ1) is 14.4. The van der Waals surface area contributed by atoms with E-state index in [1.165, 1.54) is 0 Å². The summed E-state index contributed by atoms with van der Waals surface area (Å²) in [6.45, 7) is 13.6. The van der Waals surface area contributed by atoms with E-state index in [2.05, 4.69) is 33.7 Å². The van der Waals surface area contributed by atoms with E-state index >= 15 is 0 Å². The van der Waals surface area contributed by atoms with Gasteiger partial charge in [0, 0.05) is 13.1 Å². The van der Waals surface area contributed by atoms with Crippen LogP contribution in [0.1, 0.15) is 44.6 Å². The molecule has 1 atom stereocenters. The Bertz CT molecular complexity index is 1020. The van der Waals surface area contributed by atoms with Gasteiger partial charge in [-0.3, -0.25) is 14.8 Å². The molecule has 162 valence electrons. The summed E-state index contributed by atoms with van der Waals surface area (Å²) < 4.78 is 3.81. The summed E-state index contributed by atoms with van der Waals surface area (Å²) in [4.78, 5) is 20.3. The molecule has 2 heterocycles. The van der Waals surface area contributed by atoms with Crippen LogP contribution in [0, 0.1) is 13.8 Å². The van der Waals surface area contributed by atoms with Gasteiger partial charge in [-0.1, -0.05) is 44.5 Å². The summed E-state index contributed by atoms with van der Waals surface area (Å²) in [6, 6.07) is 7.51. The van der Waals surface area contributed by atoms with Gasteiger partial charge < -0.3 is 9.47 Å². The zero-order valence-corrected chi connectivity index (χ0v) is 19.2. The second-order valence-corrected chi connectivity index (χ2v) is 7.82. The molecule has 0 saturated carbocycles. The van der Waals surface area contributed by atoms with Crippen molar-refractivity contribution >= 4 is 34.5 Å². The number of likely N-dealkylation sites (N-methyl/N-ethyl adjacent to an activating group) is 1. The van der Waals surface area contributed by atoms with Crippen molar-refractivity contribution in [1.29, 1.82) is 0 Å². The molecule has 0 fully saturated rings. The Morgan fingerprint density at radius 3 is 2.50 bits per heavy atom. The molecule has 0 bridgehead atoms. The summed E-state index contributed by atoms with van der Waals surface area (Å²) in [6.07, 6.45) is 0.601. The molecule has 1 N–H and O–H groups in total. The van der Waals surface area contributed by atoms with Crippen LogP contribution < -0.4 is 5.32 Å². The molecule has 30 heavy (non-hydrogen) atoms. The van der Waals surface area contributed by atoms with Crippen LogP contribution >= 0.6 is 11.6 Å². The van der Waals surface area contributed by atoms with Gasteiger partial charge in [0.15, 0.2) is 0 Å². The van der Waals surface area contributed by atoms with Crippen LogP contribution in [-0.4, -0.2) is 49.8 Å². The largest absolute Gasteiger partial charge is 0.309 e. The van der Waals surface area contributed by atoms with E-state index in [0.717, 1.165) is 48.6 Å². The number of benzene rings is 1. The van der Waals surface area contributed by atoms with Gasteiger partial charge in [0.05, 0.1) is 27.4 Å². The van der Waals surface area contributed by atoms with E-state index < -0.39 is 6.04 Å². The number of amides is 1. The summed E-state index contributed by atoms with van der Waals surface area (Å²) in [5, 5.41) is 8.14. The summed E-state index contributed by atoms with van der Waals surface area (Å²) in [5.74, 6) is 0.429. The van der Waals surface area contributed by atoms with Gasteiger partial charge >= 0.3 is 0 Å². The van der Waals surface area contributed by atoms with Crippen LogP contribution in [0.5, 0.6) is 0 Å². The van der Waals surface area contributed by atoms with Crippen molar-refractivity contribution in [2.45, 2.75) is 53.6 Å². The van der Waals surface area contributed by atoms with E-state index in [-0.39, 0.29) is 5.91 Å². The maximum Gasteiger partial charge on any atom is 0.251 e. The van der Waals surface area contributed by atoms with Crippen molar-refractivity contribution < 1.29 is 4.79 Å². The summed E-state index contributed by atoms with van der Waals surface area (Å²) in [7, 11) is 0. The molecule has 1 amide bonds. The lowest BCUT2D eigenvalue weighted by Crippen LogP contribution is -2.30. The highest BCUT2D eigenvalue weighted by Crippen LogP contribution is 2.26. The average molecular weight is 431 g/mol. The first-order valence-electron chi connectivity index (χ1n) is 10.6. The monoisotopic (exact) mass is 430 g/mol. The number of fused-ring (bicyclic) bond motifs is 1. The Balaban J connectivity index is 1.90. The maximum absolute atomic E-state index is 13.2. The lowest BCUT2D eigenvalue weighted by Gasteiger charge is -2.20. The van der Waals surface area contributed by atoms with E-state index in [9.17, 15) is 4.79 Å². The highest BCUT2D eigenvalue weighted by Gasteiger charge is 2.25. The van der Waals surface area contributed by atoms with Crippen molar-refractivity contribution in [1.82, 2.24) is 24.2 Å². The fourth-order valence-corrected chi connectivity index (χ4v) is 3.91. The third-order valence-electron chi connectivity index (χ3n) is 5.65. The van der Waals surface area contributed by atoms with Crippen molar-refractivity contribution in [2.75, 3.05) is 25.0 Å². The number of carbonyl (C=O) groups is 1. The van der Waals surface area contributed by atoms with Crippen LogP contribution in [-0.2, 0) is 11.3 Å². The number of para-hydroxylation sites is 2. The first-order valence-corrected chi connectivity index (χ1v) is 11.0. The fraction of sp³-hybridized carbons (Fsp3) is 0.500. The van der Waals surface area contributed by atoms with Gasteiger partial charge in [-0.25, -0.2) is 4.98 Å². The Hall–Kier alpha value is -2.38. The molecular weight excluding hydrogens is 400 g/mol. The predicted octanol–water partition coefficient (Wildman–Crippen LogP) is 4.43. The third kappa shape index (κ3) is 4.37. The average Bonchev–Trinajstić information content (AvgIpc) is 3.21. The number of hydrogen-bond donors (Lipinski definition) is 1. The van der Waals surface area contributed by atoms with Gasteiger partial charge in [0.25, 0.3) is 5.91 Å². The molecule has 8 heteroatoms. The fourth-order valence-electron chi connectivity index (χ4n) is 3.79. The number of anilines is 1. The highest BCUT2D eigenvalue weighted by atomic mass is 35.5. The van der Waals surface area contributed by atoms with Crippen molar-refractivity contribution in [3.05, 3.63) is 40.7 Å². The van der Waals surface area contributed by atoms with Crippen LogP contribution in [0.4, 0.5) is 5.95 Å². The van der Waals surface area contributed by atoms with Gasteiger partial charge in [-0.05, 0) is 45.5 Å². The molecule has 3 rings (SSSR count). The number of aromatic nitrogens is 4. The van der Waals surface area contributed by atoms with Gasteiger partial charge in [-0.2, -0.15) is 5.10 Å². The molecule has 0 aliphatic heterocycles. The standard InChI is InChI=1S/C22H31ClN6O/c1-6-18(29-16(5)20(23)15(4)26-29)21(30)25-22-24-17-11-9-10-12-19(17)28(22)14-13-27(7-2)8-3/h9-12,18H,6-8,13-14H2,1-5H3,(H,24,25,30). The first kappa shape index (κ1) is 22.3. The zero-order chi connectivity index (χ0) is 21.8. The Labute approximate surface area is 183 Å². The molecule has 1 aromatic carbocycles. The number of nitrogens with one attached hydrogen (secondary N) is 1. The van der Waals surface area contributed by atoms with Crippen molar-refractivity contribution in [3.63, 3.8) is 0 Å². The molecule has 1 unspecified atom stereocenters. The smallest absolute Gasteiger partial charge is 0.251 e. The molecule has 0 saturated heterocycles. The van der Waals surface area contributed by atoms with E-state index in [0.29, 0.717) is 17.4 Å². The second kappa shape index (κ2) is 9.62. The molecule has 7 nitrogen and oxygen atoms in total. The molecule has 0 aliphatic carbocycles. The number of nitrogens with zero attached hydrogens (tertiary/aromatic N) is 5. The second-order valence-electron chi connectivity index (χ2n) is 7.45. The Kier molecular flexibility index (Phi) is 7.15. The molecule has 0 aliphatic rings. The van der Waals surface area contributed by atoms with Gasteiger partial charge in [0.2, 0.25) is 5.95 Å². The highest BCUT2D eigenvalue weighted by molar-refractivity contribution is 6.31. The normalized spacial score (nSPS) is 12.6. The van der Waals surface area contributed by atoms with Gasteiger partial charge in [0.1, 0.15) is 6.04 Å². The number of halogens is 1. The molecule has 2 aromatic heterocycles. The number of rotatable bonds is 9. The zero-order valence-electron chi connectivity index (χ0n) is 18.4. The van der Waals surface area contributed by atoms with E-state index in [4.69, 9.17) is 16.6 Å². The molecule has 0 spiro atoms. The molecular formula is C22H31ClN6O. The SMILES string of the molecule is CCC(C(=O)Nc1nc2ccccc2n1CCN(CC)CC)n1nc(C)c(Cl)c1C. The third-order valence-corrected chi connectivity index (χ3v) is 6.19. The minimum Gasteiger partial charge on any atom is -0.309 e. The van der Waals surface area contributed by atoms with Gasteiger partial charge in [-0.15, -0.1) is 0 Å². The quantitative estimate of drug-likeness (QED) is 0.545. The minimum atomic E-state index is -0.452. The number of carbonyl (C=O) groups excluding carboxylic acids is 1. The Morgan fingerprint density at radius 1 is 1.20 bits per heavy atom. The number of aryl methyl sites for hydroxylation is 1. The predicted molar refractivity (Wildman–Crippen MR) is 122 cm³/mol. The van der Waals surface area contributed by atoms with Crippen LogP contribution in [0.2, 0.25) is 5.02 Å². The van der Waals surface area contributed by atoms with E-state index in [1.54, 1.807) is 4.68 Å². The van der Waals surface area contributed by atoms with Crippen LogP contribution in [0.15, 0.2) is 24.3 Å². The summed E-state index contributed by atoms with van der Waals surface area (Å²) >= 11 is 6.31. The van der Waals surface area contributed by atoms with E-state index in [1.807, 2.05) is 45.0 Å². The maximum atomic E-state index is 13.2. The number of imidazole rings is 1. The van der Waals surface area contributed by atoms with Crippen molar-refractivity contribution in [3.8, 4) is 0 Å². The topological polar surface area (TPSA) is 68.0 Å². The molecule has 0 radical (unpaired) electrons. The van der Waals surface area contributed by atoms with Crippen LogP contribution in [0.3, 0.4) is 0 Å².